The van der Waals surface area contributed by atoms with Gasteiger partial charge in [-0.25, -0.2) is 0 Å². The molecule has 0 aliphatic carbocycles. The molecule has 0 aromatic carbocycles. The summed E-state index contributed by atoms with van der Waals surface area (Å²) in [5.74, 6) is 1.94. The molecule has 14 heavy (non-hydrogen) atoms. The topological polar surface area (TPSA) is 20.3 Å². The first-order valence-corrected chi connectivity index (χ1v) is 5.67. The maximum atomic E-state index is 11.5. The number of carbonyl (C=O) groups is 1. The normalized spacial score (nSPS) is 23.0. The SMILES string of the molecule is CC(C)C1CC(=O)N(C/C=C/CCl)C1. The van der Waals surface area contributed by atoms with Crippen LogP contribution in [0.2, 0.25) is 0 Å². The molecule has 3 heteroatoms. The van der Waals surface area contributed by atoms with Gasteiger partial charge in [-0.05, 0) is 11.8 Å². The van der Waals surface area contributed by atoms with E-state index in [0.717, 1.165) is 13.1 Å². The first kappa shape index (κ1) is 11.6. The quantitative estimate of drug-likeness (QED) is 0.521. The molecule has 1 rings (SSSR count). The zero-order valence-electron chi connectivity index (χ0n) is 8.87. The van der Waals surface area contributed by atoms with Gasteiger partial charge in [-0.2, -0.15) is 0 Å². The average Bonchev–Trinajstić information content (AvgIpc) is 2.49. The minimum Gasteiger partial charge on any atom is -0.339 e. The Hall–Kier alpha value is -0.500. The van der Waals surface area contributed by atoms with Gasteiger partial charge in [0.25, 0.3) is 0 Å². The lowest BCUT2D eigenvalue weighted by Crippen LogP contribution is -2.25. The van der Waals surface area contributed by atoms with E-state index in [1.165, 1.54) is 0 Å². The van der Waals surface area contributed by atoms with Crippen LogP contribution in [0.1, 0.15) is 20.3 Å². The number of carbonyl (C=O) groups excluding carboxylic acids is 1. The molecule has 0 spiro atoms. The molecule has 0 aromatic heterocycles. The largest absolute Gasteiger partial charge is 0.339 e. The molecule has 1 aliphatic heterocycles. The Kier molecular flexibility index (Phi) is 4.46. The number of rotatable bonds is 4. The van der Waals surface area contributed by atoms with Crippen LogP contribution in [0.25, 0.3) is 0 Å². The van der Waals surface area contributed by atoms with Crippen LogP contribution in [0.4, 0.5) is 0 Å². The third-order valence-corrected chi connectivity index (χ3v) is 2.95. The lowest BCUT2D eigenvalue weighted by molar-refractivity contribution is -0.127. The van der Waals surface area contributed by atoms with Gasteiger partial charge in [0.05, 0.1) is 0 Å². The molecule has 1 aliphatic rings. The van der Waals surface area contributed by atoms with Crippen molar-refractivity contribution in [2.24, 2.45) is 11.8 Å². The molecule has 0 saturated carbocycles. The van der Waals surface area contributed by atoms with Gasteiger partial charge >= 0.3 is 0 Å². The van der Waals surface area contributed by atoms with Crippen molar-refractivity contribution < 1.29 is 4.79 Å². The predicted octanol–water partition coefficient (Wildman–Crippen LogP) is 2.29. The third-order valence-electron chi connectivity index (χ3n) is 2.77. The van der Waals surface area contributed by atoms with E-state index in [9.17, 15) is 4.79 Å². The number of amides is 1. The van der Waals surface area contributed by atoms with Crippen molar-refractivity contribution in [1.82, 2.24) is 4.90 Å². The van der Waals surface area contributed by atoms with Gasteiger partial charge in [0.15, 0.2) is 0 Å². The van der Waals surface area contributed by atoms with Gasteiger partial charge in [-0.3, -0.25) is 4.79 Å². The van der Waals surface area contributed by atoms with Crippen molar-refractivity contribution in [2.75, 3.05) is 19.0 Å². The first-order chi connectivity index (χ1) is 6.65. The van der Waals surface area contributed by atoms with Gasteiger partial charge in [-0.1, -0.05) is 26.0 Å². The summed E-state index contributed by atoms with van der Waals surface area (Å²) in [5, 5.41) is 0. The Balaban J connectivity index is 2.41. The van der Waals surface area contributed by atoms with Gasteiger partial charge in [0.1, 0.15) is 0 Å². The summed E-state index contributed by atoms with van der Waals surface area (Å²) in [7, 11) is 0. The van der Waals surface area contributed by atoms with E-state index in [-0.39, 0.29) is 5.91 Å². The van der Waals surface area contributed by atoms with Crippen LogP contribution in [0.3, 0.4) is 0 Å². The molecule has 0 aromatic rings. The second kappa shape index (κ2) is 5.40. The summed E-state index contributed by atoms with van der Waals surface area (Å²) in [6.07, 6.45) is 4.57. The maximum absolute atomic E-state index is 11.5. The van der Waals surface area contributed by atoms with Crippen molar-refractivity contribution in [1.29, 1.82) is 0 Å². The van der Waals surface area contributed by atoms with Crippen LogP contribution < -0.4 is 0 Å². The lowest BCUT2D eigenvalue weighted by atomic mass is 9.95. The molecule has 2 nitrogen and oxygen atoms in total. The van der Waals surface area contributed by atoms with Gasteiger partial charge in [0.2, 0.25) is 5.91 Å². The molecule has 1 saturated heterocycles. The summed E-state index contributed by atoms with van der Waals surface area (Å²) in [6, 6.07) is 0. The second-order valence-corrected chi connectivity index (χ2v) is 4.44. The number of likely N-dealkylation sites (tertiary alicyclic amines) is 1. The minimum atomic E-state index is 0.280. The number of halogens is 1. The Morgan fingerprint density at radius 2 is 2.29 bits per heavy atom. The number of allylic oxidation sites excluding steroid dienone is 1. The van der Waals surface area contributed by atoms with Crippen LogP contribution in [0.5, 0.6) is 0 Å². The highest BCUT2D eigenvalue weighted by atomic mass is 35.5. The minimum absolute atomic E-state index is 0.280. The molecule has 1 heterocycles. The fourth-order valence-electron chi connectivity index (χ4n) is 1.69. The number of hydrogen-bond acceptors (Lipinski definition) is 1. The van der Waals surface area contributed by atoms with E-state index in [2.05, 4.69) is 13.8 Å². The van der Waals surface area contributed by atoms with E-state index in [1.54, 1.807) is 0 Å². The van der Waals surface area contributed by atoms with Crippen molar-refractivity contribution in [3.8, 4) is 0 Å². The van der Waals surface area contributed by atoms with Crippen molar-refractivity contribution in [2.45, 2.75) is 20.3 Å². The third kappa shape index (κ3) is 3.02. The molecule has 1 atom stereocenters. The Morgan fingerprint density at radius 3 is 2.79 bits per heavy atom. The Bertz CT molecular complexity index is 225. The molecule has 1 fully saturated rings. The molecule has 1 amide bonds. The van der Waals surface area contributed by atoms with Gasteiger partial charge in [0, 0.05) is 25.4 Å². The van der Waals surface area contributed by atoms with E-state index < -0.39 is 0 Å². The van der Waals surface area contributed by atoms with Crippen LogP contribution >= 0.6 is 11.6 Å². The van der Waals surface area contributed by atoms with Crippen LogP contribution in [-0.4, -0.2) is 29.8 Å². The molecular weight excluding hydrogens is 198 g/mol. The summed E-state index contributed by atoms with van der Waals surface area (Å²) >= 11 is 5.51. The van der Waals surface area contributed by atoms with E-state index in [1.807, 2.05) is 17.1 Å². The molecule has 1 unspecified atom stereocenters. The van der Waals surface area contributed by atoms with Gasteiger partial charge in [-0.15, -0.1) is 11.6 Å². The van der Waals surface area contributed by atoms with Crippen molar-refractivity contribution >= 4 is 17.5 Å². The monoisotopic (exact) mass is 215 g/mol. The van der Waals surface area contributed by atoms with Crippen LogP contribution in [0.15, 0.2) is 12.2 Å². The van der Waals surface area contributed by atoms with Crippen molar-refractivity contribution in [3.05, 3.63) is 12.2 Å². The maximum Gasteiger partial charge on any atom is 0.223 e. The smallest absolute Gasteiger partial charge is 0.223 e. The summed E-state index contributed by atoms with van der Waals surface area (Å²) in [4.78, 5) is 13.5. The average molecular weight is 216 g/mol. The van der Waals surface area contributed by atoms with Crippen LogP contribution in [-0.2, 0) is 4.79 Å². The highest BCUT2D eigenvalue weighted by Gasteiger charge is 2.30. The number of alkyl halides is 1. The Morgan fingerprint density at radius 1 is 1.57 bits per heavy atom. The highest BCUT2D eigenvalue weighted by Crippen LogP contribution is 2.24. The summed E-state index contributed by atoms with van der Waals surface area (Å²) < 4.78 is 0. The summed E-state index contributed by atoms with van der Waals surface area (Å²) in [6.45, 7) is 5.98. The second-order valence-electron chi connectivity index (χ2n) is 4.13. The van der Waals surface area contributed by atoms with E-state index in [4.69, 9.17) is 11.6 Å². The molecule has 80 valence electrons. The zero-order valence-corrected chi connectivity index (χ0v) is 9.63. The Labute approximate surface area is 90.9 Å². The zero-order chi connectivity index (χ0) is 10.6. The highest BCUT2D eigenvalue weighted by molar-refractivity contribution is 6.18. The lowest BCUT2D eigenvalue weighted by Gasteiger charge is -2.16. The molecular formula is C11H18ClNO. The molecule has 0 radical (unpaired) electrons. The molecule has 0 N–H and O–H groups in total. The van der Waals surface area contributed by atoms with Crippen molar-refractivity contribution in [3.63, 3.8) is 0 Å². The number of nitrogens with zero attached hydrogens (tertiary/aromatic N) is 1. The predicted molar refractivity (Wildman–Crippen MR) is 59.4 cm³/mol. The molecule has 0 bridgehead atoms. The number of hydrogen-bond donors (Lipinski definition) is 0. The van der Waals surface area contributed by atoms with E-state index >= 15 is 0 Å². The summed E-state index contributed by atoms with van der Waals surface area (Å²) in [5.41, 5.74) is 0. The fourth-order valence-corrected chi connectivity index (χ4v) is 1.82. The first-order valence-electron chi connectivity index (χ1n) is 5.14. The standard InChI is InChI=1S/C11H18ClNO/c1-9(2)10-7-11(14)13(8-10)6-4-3-5-12/h3-4,9-10H,5-8H2,1-2H3/b4-3+. The van der Waals surface area contributed by atoms with Gasteiger partial charge < -0.3 is 4.90 Å². The fraction of sp³-hybridized carbons (Fsp3) is 0.727. The van der Waals surface area contributed by atoms with E-state index in [0.29, 0.717) is 24.1 Å². The van der Waals surface area contributed by atoms with Crippen LogP contribution in [0, 0.1) is 11.8 Å².